The van der Waals surface area contributed by atoms with E-state index in [1.54, 1.807) is 0 Å². The number of rotatable bonds is 1. The van der Waals surface area contributed by atoms with Gasteiger partial charge in [0.25, 0.3) is 0 Å². The summed E-state index contributed by atoms with van der Waals surface area (Å²) in [6.45, 7) is 6.29. The SMILES string of the molecule is CC1(C)CCOC(C2OCCCO2)O1. The smallest absolute Gasteiger partial charge is 0.209 e. The maximum Gasteiger partial charge on any atom is 0.209 e. The Bertz CT molecular complexity index is 187. The third-order valence-electron chi connectivity index (χ3n) is 2.50. The lowest BCUT2D eigenvalue weighted by molar-refractivity contribution is -0.344. The first kappa shape index (κ1) is 10.4. The van der Waals surface area contributed by atoms with E-state index in [-0.39, 0.29) is 18.2 Å². The lowest BCUT2D eigenvalue weighted by Crippen LogP contribution is -2.48. The molecular formula is C10H18O4. The summed E-state index contributed by atoms with van der Waals surface area (Å²) in [5.41, 5.74) is -0.132. The molecule has 0 aromatic heterocycles. The van der Waals surface area contributed by atoms with Gasteiger partial charge in [-0.25, -0.2) is 0 Å². The number of ether oxygens (including phenoxy) is 4. The largest absolute Gasteiger partial charge is 0.348 e. The van der Waals surface area contributed by atoms with Crippen molar-refractivity contribution in [3.05, 3.63) is 0 Å². The van der Waals surface area contributed by atoms with Crippen LogP contribution in [0.2, 0.25) is 0 Å². The van der Waals surface area contributed by atoms with E-state index in [4.69, 9.17) is 18.9 Å². The van der Waals surface area contributed by atoms with E-state index in [1.165, 1.54) is 0 Å². The third kappa shape index (κ3) is 2.45. The van der Waals surface area contributed by atoms with Gasteiger partial charge in [-0.2, -0.15) is 0 Å². The summed E-state index contributed by atoms with van der Waals surface area (Å²) in [6.07, 6.45) is 1.16. The zero-order valence-electron chi connectivity index (χ0n) is 8.82. The summed E-state index contributed by atoms with van der Waals surface area (Å²) in [5, 5.41) is 0. The van der Waals surface area contributed by atoms with Crippen LogP contribution in [0.4, 0.5) is 0 Å². The van der Waals surface area contributed by atoms with Crippen LogP contribution in [0.25, 0.3) is 0 Å². The molecule has 0 radical (unpaired) electrons. The lowest BCUT2D eigenvalue weighted by atomic mass is 10.1. The molecule has 4 heteroatoms. The molecular weight excluding hydrogens is 184 g/mol. The molecule has 2 aliphatic heterocycles. The van der Waals surface area contributed by atoms with Crippen LogP contribution in [0.5, 0.6) is 0 Å². The maximum atomic E-state index is 5.74. The quantitative estimate of drug-likeness (QED) is 0.642. The minimum absolute atomic E-state index is 0.132. The van der Waals surface area contributed by atoms with Crippen molar-refractivity contribution in [2.45, 2.75) is 44.9 Å². The minimum Gasteiger partial charge on any atom is -0.348 e. The van der Waals surface area contributed by atoms with Gasteiger partial charge in [0.1, 0.15) is 0 Å². The van der Waals surface area contributed by atoms with E-state index in [0.29, 0.717) is 6.61 Å². The van der Waals surface area contributed by atoms with Crippen molar-refractivity contribution in [1.29, 1.82) is 0 Å². The Balaban J connectivity index is 1.89. The first-order chi connectivity index (χ1) is 6.67. The molecule has 82 valence electrons. The Morgan fingerprint density at radius 2 is 1.57 bits per heavy atom. The maximum absolute atomic E-state index is 5.74. The normalized spacial score (nSPS) is 34.3. The van der Waals surface area contributed by atoms with Gasteiger partial charge in [-0.1, -0.05) is 0 Å². The fourth-order valence-corrected chi connectivity index (χ4v) is 1.63. The Hall–Kier alpha value is -0.160. The molecule has 1 atom stereocenters. The lowest BCUT2D eigenvalue weighted by Gasteiger charge is -2.39. The first-order valence-corrected chi connectivity index (χ1v) is 5.20. The second kappa shape index (κ2) is 4.14. The zero-order valence-corrected chi connectivity index (χ0v) is 8.82. The summed E-state index contributed by atoms with van der Waals surface area (Å²) in [6, 6.07) is 0. The summed E-state index contributed by atoms with van der Waals surface area (Å²) in [4.78, 5) is 0. The second-order valence-electron chi connectivity index (χ2n) is 4.33. The Kier molecular flexibility index (Phi) is 3.07. The van der Waals surface area contributed by atoms with E-state index in [2.05, 4.69) is 13.8 Å². The molecule has 0 aromatic rings. The molecule has 0 amide bonds. The molecule has 0 spiro atoms. The molecule has 0 N–H and O–H groups in total. The molecule has 1 unspecified atom stereocenters. The first-order valence-electron chi connectivity index (χ1n) is 5.20. The summed E-state index contributed by atoms with van der Waals surface area (Å²) in [7, 11) is 0. The van der Waals surface area contributed by atoms with Crippen LogP contribution in [-0.2, 0) is 18.9 Å². The fourth-order valence-electron chi connectivity index (χ4n) is 1.63. The molecule has 2 fully saturated rings. The van der Waals surface area contributed by atoms with Crippen LogP contribution in [0.3, 0.4) is 0 Å². The van der Waals surface area contributed by atoms with Gasteiger partial charge in [0.2, 0.25) is 12.6 Å². The summed E-state index contributed by atoms with van der Waals surface area (Å²) >= 11 is 0. The highest BCUT2D eigenvalue weighted by Crippen LogP contribution is 2.26. The fraction of sp³-hybridized carbons (Fsp3) is 1.00. The second-order valence-corrected chi connectivity index (χ2v) is 4.33. The highest BCUT2D eigenvalue weighted by molar-refractivity contribution is 4.74. The highest BCUT2D eigenvalue weighted by atomic mass is 16.8. The standard InChI is InChI=1S/C10H18O4/c1-10(2)4-7-13-9(14-10)8-11-5-3-6-12-8/h8-9H,3-7H2,1-2H3. The van der Waals surface area contributed by atoms with Crippen LogP contribution in [0.15, 0.2) is 0 Å². The molecule has 0 aromatic carbocycles. The monoisotopic (exact) mass is 202 g/mol. The van der Waals surface area contributed by atoms with Crippen molar-refractivity contribution in [2.75, 3.05) is 19.8 Å². The van der Waals surface area contributed by atoms with Crippen molar-refractivity contribution in [1.82, 2.24) is 0 Å². The molecule has 0 bridgehead atoms. The summed E-state index contributed by atoms with van der Waals surface area (Å²) in [5.74, 6) is 0. The average Bonchev–Trinajstić information content (AvgIpc) is 2.18. The predicted molar refractivity (Wildman–Crippen MR) is 49.8 cm³/mol. The van der Waals surface area contributed by atoms with E-state index in [0.717, 1.165) is 26.1 Å². The van der Waals surface area contributed by atoms with Gasteiger partial charge < -0.3 is 18.9 Å². The van der Waals surface area contributed by atoms with Gasteiger partial charge in [0.15, 0.2) is 0 Å². The van der Waals surface area contributed by atoms with Gasteiger partial charge in [-0.05, 0) is 26.7 Å². The molecule has 0 aliphatic carbocycles. The predicted octanol–water partition coefficient (Wildman–Crippen LogP) is 1.29. The van der Waals surface area contributed by atoms with Gasteiger partial charge in [-0.3, -0.25) is 0 Å². The van der Waals surface area contributed by atoms with Gasteiger partial charge in [0.05, 0.1) is 25.4 Å². The Morgan fingerprint density at radius 1 is 0.929 bits per heavy atom. The van der Waals surface area contributed by atoms with Gasteiger partial charge >= 0.3 is 0 Å². The third-order valence-corrected chi connectivity index (χ3v) is 2.50. The van der Waals surface area contributed by atoms with Crippen molar-refractivity contribution >= 4 is 0 Å². The Labute approximate surface area is 84.5 Å². The zero-order chi connectivity index (χ0) is 10.0. The van der Waals surface area contributed by atoms with E-state index < -0.39 is 0 Å². The van der Waals surface area contributed by atoms with Crippen LogP contribution >= 0.6 is 0 Å². The van der Waals surface area contributed by atoms with E-state index >= 15 is 0 Å². The molecule has 2 saturated heterocycles. The van der Waals surface area contributed by atoms with Crippen LogP contribution in [0.1, 0.15) is 26.7 Å². The van der Waals surface area contributed by atoms with Crippen molar-refractivity contribution in [3.63, 3.8) is 0 Å². The van der Waals surface area contributed by atoms with Gasteiger partial charge in [-0.15, -0.1) is 0 Å². The Morgan fingerprint density at radius 3 is 2.21 bits per heavy atom. The molecule has 2 aliphatic rings. The van der Waals surface area contributed by atoms with E-state index in [1.807, 2.05) is 0 Å². The number of hydrogen-bond acceptors (Lipinski definition) is 4. The van der Waals surface area contributed by atoms with Crippen molar-refractivity contribution in [3.8, 4) is 0 Å². The van der Waals surface area contributed by atoms with E-state index in [9.17, 15) is 0 Å². The van der Waals surface area contributed by atoms with Crippen LogP contribution in [-0.4, -0.2) is 38.0 Å². The summed E-state index contributed by atoms with van der Waals surface area (Å²) < 4.78 is 22.1. The van der Waals surface area contributed by atoms with Crippen LogP contribution < -0.4 is 0 Å². The molecule has 2 rings (SSSR count). The number of hydrogen-bond donors (Lipinski definition) is 0. The minimum atomic E-state index is -0.362. The van der Waals surface area contributed by atoms with Gasteiger partial charge in [0, 0.05) is 0 Å². The van der Waals surface area contributed by atoms with Crippen LogP contribution in [0, 0.1) is 0 Å². The molecule has 0 saturated carbocycles. The topological polar surface area (TPSA) is 36.9 Å². The average molecular weight is 202 g/mol. The molecule has 2 heterocycles. The molecule has 14 heavy (non-hydrogen) atoms. The highest BCUT2D eigenvalue weighted by Gasteiger charge is 2.36. The van der Waals surface area contributed by atoms with Crippen molar-refractivity contribution in [2.24, 2.45) is 0 Å². The molecule has 4 nitrogen and oxygen atoms in total. The van der Waals surface area contributed by atoms with Crippen molar-refractivity contribution < 1.29 is 18.9 Å².